The third kappa shape index (κ3) is 3.78. The standard InChI is InChI=1S/C18H14Cl2N2O3/c1-25-17-5-3-11(19)8-14(17)21-18(24)10-22-7-6-16(23)13-4-2-12(20)9-15(13)22/h2-9H,10H2,1H3,(H,21,24). The van der Waals surface area contributed by atoms with Gasteiger partial charge in [-0.1, -0.05) is 23.2 Å². The van der Waals surface area contributed by atoms with Gasteiger partial charge in [0.1, 0.15) is 12.3 Å². The molecular formula is C18H14Cl2N2O3. The second-order valence-electron chi connectivity index (χ2n) is 5.36. The lowest BCUT2D eigenvalue weighted by Crippen LogP contribution is -2.20. The lowest BCUT2D eigenvalue weighted by molar-refractivity contribution is -0.116. The summed E-state index contributed by atoms with van der Waals surface area (Å²) in [4.78, 5) is 24.4. The molecule has 2 aromatic carbocycles. The van der Waals surface area contributed by atoms with Gasteiger partial charge in [-0.25, -0.2) is 0 Å². The predicted molar refractivity (Wildman–Crippen MR) is 99.9 cm³/mol. The van der Waals surface area contributed by atoms with Crippen LogP contribution in [0.3, 0.4) is 0 Å². The lowest BCUT2D eigenvalue weighted by Gasteiger charge is -2.13. The fourth-order valence-electron chi connectivity index (χ4n) is 2.54. The van der Waals surface area contributed by atoms with Gasteiger partial charge in [0.05, 0.1) is 18.3 Å². The summed E-state index contributed by atoms with van der Waals surface area (Å²) in [6.45, 7) is 0.00674. The summed E-state index contributed by atoms with van der Waals surface area (Å²) in [5, 5.41) is 4.24. The molecule has 3 aromatic rings. The minimum absolute atomic E-state index is 0.00674. The maximum atomic E-state index is 12.4. The molecule has 3 rings (SSSR count). The smallest absolute Gasteiger partial charge is 0.244 e. The number of pyridine rings is 1. The normalized spacial score (nSPS) is 10.7. The van der Waals surface area contributed by atoms with Gasteiger partial charge in [0, 0.05) is 27.7 Å². The zero-order valence-electron chi connectivity index (χ0n) is 13.3. The number of rotatable bonds is 4. The van der Waals surface area contributed by atoms with Crippen LogP contribution in [0.4, 0.5) is 5.69 Å². The Bertz CT molecular complexity index is 1010. The van der Waals surface area contributed by atoms with Gasteiger partial charge in [0.2, 0.25) is 5.91 Å². The van der Waals surface area contributed by atoms with Crippen molar-refractivity contribution in [3.8, 4) is 5.75 Å². The maximum Gasteiger partial charge on any atom is 0.244 e. The van der Waals surface area contributed by atoms with Gasteiger partial charge in [-0.05, 0) is 36.4 Å². The molecular weight excluding hydrogens is 363 g/mol. The zero-order valence-corrected chi connectivity index (χ0v) is 14.8. The number of anilines is 1. The first-order chi connectivity index (χ1) is 12.0. The van der Waals surface area contributed by atoms with E-state index < -0.39 is 0 Å². The molecule has 0 saturated heterocycles. The molecule has 1 amide bonds. The number of benzene rings is 2. The molecule has 0 aliphatic heterocycles. The highest BCUT2D eigenvalue weighted by atomic mass is 35.5. The molecule has 0 fully saturated rings. The molecule has 1 heterocycles. The molecule has 0 bridgehead atoms. The number of amides is 1. The van der Waals surface area contributed by atoms with Crippen molar-refractivity contribution in [2.45, 2.75) is 6.54 Å². The van der Waals surface area contributed by atoms with Crippen LogP contribution in [-0.2, 0) is 11.3 Å². The van der Waals surface area contributed by atoms with Crippen molar-refractivity contribution in [3.63, 3.8) is 0 Å². The number of methoxy groups -OCH3 is 1. The number of hydrogen-bond acceptors (Lipinski definition) is 3. The highest BCUT2D eigenvalue weighted by Gasteiger charge is 2.11. The number of nitrogens with one attached hydrogen (secondary N) is 1. The van der Waals surface area contributed by atoms with E-state index in [9.17, 15) is 9.59 Å². The van der Waals surface area contributed by atoms with E-state index in [1.165, 1.54) is 13.2 Å². The summed E-state index contributed by atoms with van der Waals surface area (Å²) in [6.07, 6.45) is 1.57. The molecule has 0 radical (unpaired) electrons. The summed E-state index contributed by atoms with van der Waals surface area (Å²) >= 11 is 12.0. The fourth-order valence-corrected chi connectivity index (χ4v) is 2.88. The van der Waals surface area contributed by atoms with Gasteiger partial charge in [-0.2, -0.15) is 0 Å². The molecule has 0 unspecified atom stereocenters. The van der Waals surface area contributed by atoms with E-state index in [0.717, 1.165) is 0 Å². The van der Waals surface area contributed by atoms with Crippen LogP contribution in [0, 0.1) is 0 Å². The van der Waals surface area contributed by atoms with Crippen molar-refractivity contribution in [2.24, 2.45) is 0 Å². The Labute approximate surface area is 153 Å². The monoisotopic (exact) mass is 376 g/mol. The molecule has 128 valence electrons. The largest absolute Gasteiger partial charge is 0.495 e. The van der Waals surface area contributed by atoms with Gasteiger partial charge < -0.3 is 14.6 Å². The van der Waals surface area contributed by atoms with E-state index in [2.05, 4.69) is 5.32 Å². The molecule has 1 N–H and O–H groups in total. The first kappa shape index (κ1) is 17.3. The number of fused-ring (bicyclic) bond motifs is 1. The minimum atomic E-state index is -0.287. The van der Waals surface area contributed by atoms with Gasteiger partial charge in [0.25, 0.3) is 0 Å². The van der Waals surface area contributed by atoms with Crippen molar-refractivity contribution in [3.05, 3.63) is 68.9 Å². The minimum Gasteiger partial charge on any atom is -0.495 e. The van der Waals surface area contributed by atoms with E-state index in [0.29, 0.717) is 32.4 Å². The molecule has 0 saturated carbocycles. The summed E-state index contributed by atoms with van der Waals surface area (Å²) in [6, 6.07) is 11.3. The average molecular weight is 377 g/mol. The van der Waals surface area contributed by atoms with Gasteiger partial charge in [0.15, 0.2) is 5.43 Å². The number of hydrogen-bond donors (Lipinski definition) is 1. The van der Waals surface area contributed by atoms with Crippen molar-refractivity contribution in [1.29, 1.82) is 0 Å². The van der Waals surface area contributed by atoms with E-state index in [1.54, 1.807) is 47.2 Å². The number of aromatic nitrogens is 1. The molecule has 7 heteroatoms. The van der Waals surface area contributed by atoms with Crippen LogP contribution < -0.4 is 15.5 Å². The van der Waals surface area contributed by atoms with Crippen LogP contribution in [0.1, 0.15) is 0 Å². The van der Waals surface area contributed by atoms with E-state index in [1.807, 2.05) is 0 Å². The quantitative estimate of drug-likeness (QED) is 0.749. The van der Waals surface area contributed by atoms with E-state index in [-0.39, 0.29) is 17.9 Å². The van der Waals surface area contributed by atoms with Crippen molar-refractivity contribution in [2.75, 3.05) is 12.4 Å². The van der Waals surface area contributed by atoms with Crippen molar-refractivity contribution >= 4 is 45.7 Å². The van der Waals surface area contributed by atoms with Crippen LogP contribution >= 0.6 is 23.2 Å². The van der Waals surface area contributed by atoms with Crippen LogP contribution in [0.25, 0.3) is 10.9 Å². The third-order valence-corrected chi connectivity index (χ3v) is 4.16. The first-order valence-corrected chi connectivity index (χ1v) is 8.15. The lowest BCUT2D eigenvalue weighted by atomic mass is 10.2. The third-order valence-electron chi connectivity index (χ3n) is 3.69. The van der Waals surface area contributed by atoms with Gasteiger partial charge >= 0.3 is 0 Å². The summed E-state index contributed by atoms with van der Waals surface area (Å²) in [5.41, 5.74) is 0.941. The summed E-state index contributed by atoms with van der Waals surface area (Å²) in [5.74, 6) is 0.219. The Morgan fingerprint density at radius 2 is 1.84 bits per heavy atom. The Morgan fingerprint density at radius 1 is 1.12 bits per heavy atom. The van der Waals surface area contributed by atoms with Crippen LogP contribution in [-0.4, -0.2) is 17.6 Å². The summed E-state index contributed by atoms with van der Waals surface area (Å²) < 4.78 is 6.88. The number of carbonyl (C=O) groups excluding carboxylic acids is 1. The second-order valence-corrected chi connectivity index (χ2v) is 6.24. The molecule has 0 aliphatic carbocycles. The van der Waals surface area contributed by atoms with Crippen molar-refractivity contribution in [1.82, 2.24) is 4.57 Å². The predicted octanol–water partition coefficient (Wildman–Crippen LogP) is 3.96. The number of ether oxygens (including phenoxy) is 1. The van der Waals surface area contributed by atoms with E-state index >= 15 is 0 Å². The van der Waals surface area contributed by atoms with Crippen molar-refractivity contribution < 1.29 is 9.53 Å². The molecule has 25 heavy (non-hydrogen) atoms. The topological polar surface area (TPSA) is 60.3 Å². The Kier molecular flexibility index (Phi) is 4.97. The average Bonchev–Trinajstić information content (AvgIpc) is 2.57. The number of halogens is 2. The molecule has 5 nitrogen and oxygen atoms in total. The van der Waals surface area contributed by atoms with Crippen LogP contribution in [0.15, 0.2) is 53.5 Å². The second kappa shape index (κ2) is 7.17. The van der Waals surface area contributed by atoms with Crippen LogP contribution in [0.5, 0.6) is 5.75 Å². The molecule has 1 aromatic heterocycles. The molecule has 0 aliphatic rings. The molecule has 0 spiro atoms. The highest BCUT2D eigenvalue weighted by Crippen LogP contribution is 2.27. The Morgan fingerprint density at radius 3 is 2.60 bits per heavy atom. The van der Waals surface area contributed by atoms with Gasteiger partial charge in [-0.15, -0.1) is 0 Å². The number of nitrogens with zero attached hydrogens (tertiary/aromatic N) is 1. The maximum absolute atomic E-state index is 12.4. The van der Waals surface area contributed by atoms with Crippen LogP contribution in [0.2, 0.25) is 10.0 Å². The fraction of sp³-hybridized carbons (Fsp3) is 0.111. The first-order valence-electron chi connectivity index (χ1n) is 7.40. The Balaban J connectivity index is 1.91. The number of carbonyl (C=O) groups is 1. The zero-order chi connectivity index (χ0) is 18.0. The Hall–Kier alpha value is -2.50. The molecule has 0 atom stereocenters. The summed E-state index contributed by atoms with van der Waals surface area (Å²) in [7, 11) is 1.51. The van der Waals surface area contributed by atoms with E-state index in [4.69, 9.17) is 27.9 Å². The SMILES string of the molecule is COc1ccc(Cl)cc1NC(=O)Cn1ccc(=O)c2ccc(Cl)cc21. The highest BCUT2D eigenvalue weighted by molar-refractivity contribution is 6.31. The van der Waals surface area contributed by atoms with Gasteiger partial charge in [-0.3, -0.25) is 9.59 Å².